The van der Waals surface area contributed by atoms with Crippen LogP contribution in [0.25, 0.3) is 0 Å². The summed E-state index contributed by atoms with van der Waals surface area (Å²) in [6, 6.07) is 0. The Balaban J connectivity index is 1.59. The van der Waals surface area contributed by atoms with Gasteiger partial charge in [0.2, 0.25) is 0 Å². The third kappa shape index (κ3) is 3.50. The van der Waals surface area contributed by atoms with Gasteiger partial charge in [0.05, 0.1) is 0 Å². The van der Waals surface area contributed by atoms with Crippen molar-refractivity contribution in [3.63, 3.8) is 0 Å². The third-order valence-corrected chi connectivity index (χ3v) is 11.7. The number of carbonyl (C=O) groups excluding carboxylic acids is 1. The van der Waals surface area contributed by atoms with Crippen molar-refractivity contribution in [1.82, 2.24) is 0 Å². The van der Waals surface area contributed by atoms with Crippen LogP contribution in [0.2, 0.25) is 0 Å². The molecule has 4 aliphatic carbocycles. The molecule has 3 saturated carbocycles. The highest BCUT2D eigenvalue weighted by atomic mass is 16.4. The third-order valence-electron chi connectivity index (χ3n) is 11.7. The molecule has 3 fully saturated rings. The zero-order chi connectivity index (χ0) is 24.4. The Hall–Kier alpha value is -1.38. The van der Waals surface area contributed by atoms with Gasteiger partial charge in [0.15, 0.2) is 0 Å². The first-order chi connectivity index (χ1) is 15.3. The number of hydrogen-bond donors (Lipinski definition) is 1. The quantitative estimate of drug-likeness (QED) is 0.343. The zero-order valence-corrected chi connectivity index (χ0v) is 22.1. The molecule has 0 amide bonds. The van der Waals surface area contributed by atoms with Gasteiger partial charge < -0.3 is 5.11 Å². The van der Waals surface area contributed by atoms with E-state index in [1.165, 1.54) is 25.7 Å². The molecule has 3 nitrogen and oxygen atoms in total. The monoisotopic (exact) mass is 454 g/mol. The second kappa shape index (κ2) is 8.09. The fourth-order valence-corrected chi connectivity index (χ4v) is 9.32. The van der Waals surface area contributed by atoms with Crippen LogP contribution in [0.1, 0.15) is 106 Å². The molecular weight excluding hydrogens is 408 g/mol. The van der Waals surface area contributed by atoms with E-state index < -0.39 is 5.97 Å². The van der Waals surface area contributed by atoms with Crippen molar-refractivity contribution in [2.45, 2.75) is 106 Å². The lowest BCUT2D eigenvalue weighted by Crippen LogP contribution is -2.57. The molecule has 0 aromatic carbocycles. The van der Waals surface area contributed by atoms with Crippen LogP contribution in [0.3, 0.4) is 0 Å². The number of rotatable bonds is 5. The van der Waals surface area contributed by atoms with Crippen LogP contribution in [-0.2, 0) is 9.59 Å². The molecule has 0 saturated heterocycles. The number of allylic oxidation sites excluding steroid dienone is 3. The predicted molar refractivity (Wildman–Crippen MR) is 134 cm³/mol. The van der Waals surface area contributed by atoms with Gasteiger partial charge in [0.1, 0.15) is 5.78 Å². The zero-order valence-electron chi connectivity index (χ0n) is 22.1. The first-order valence-corrected chi connectivity index (χ1v) is 13.4. The highest BCUT2D eigenvalue weighted by molar-refractivity contribution is 5.86. The van der Waals surface area contributed by atoms with Crippen molar-refractivity contribution < 1.29 is 14.7 Å². The lowest BCUT2D eigenvalue weighted by atomic mass is 9.41. The van der Waals surface area contributed by atoms with E-state index in [0.717, 1.165) is 32.1 Å². The van der Waals surface area contributed by atoms with Crippen LogP contribution < -0.4 is 0 Å². The van der Waals surface area contributed by atoms with E-state index in [9.17, 15) is 9.59 Å². The summed E-state index contributed by atoms with van der Waals surface area (Å²) in [7, 11) is 0. The van der Waals surface area contributed by atoms with Crippen LogP contribution in [0.15, 0.2) is 23.3 Å². The maximum Gasteiger partial charge on any atom is 0.330 e. The van der Waals surface area contributed by atoms with Crippen LogP contribution in [-0.4, -0.2) is 16.9 Å². The molecule has 33 heavy (non-hydrogen) atoms. The second-order valence-corrected chi connectivity index (χ2v) is 13.3. The summed E-state index contributed by atoms with van der Waals surface area (Å²) in [4.78, 5) is 23.9. The summed E-state index contributed by atoms with van der Waals surface area (Å²) in [5.41, 5.74) is 2.80. The number of carboxylic acid groups (broad SMARTS) is 1. The minimum atomic E-state index is -0.801. The van der Waals surface area contributed by atoms with Crippen LogP contribution in [0, 0.1) is 45.3 Å². The second-order valence-electron chi connectivity index (χ2n) is 13.3. The van der Waals surface area contributed by atoms with Gasteiger partial charge in [-0.25, -0.2) is 4.79 Å². The number of Topliss-reactive ketones (excluding diaryl/α,β-unsaturated/α-hetero) is 1. The highest BCUT2D eigenvalue weighted by Gasteiger charge is 2.65. The molecule has 0 bridgehead atoms. The van der Waals surface area contributed by atoms with Gasteiger partial charge in [0.25, 0.3) is 0 Å². The Bertz CT molecular complexity index is 894. The number of carboxylic acids is 1. The molecule has 7 atom stereocenters. The lowest BCUT2D eigenvalue weighted by molar-refractivity contribution is -0.146. The van der Waals surface area contributed by atoms with E-state index in [4.69, 9.17) is 5.11 Å². The number of carbonyl (C=O) groups is 2. The topological polar surface area (TPSA) is 54.4 Å². The first-order valence-electron chi connectivity index (χ1n) is 13.4. The van der Waals surface area contributed by atoms with Crippen molar-refractivity contribution in [2.24, 2.45) is 45.3 Å². The number of hydrogen-bond acceptors (Lipinski definition) is 2. The molecule has 3 heteroatoms. The van der Waals surface area contributed by atoms with E-state index >= 15 is 0 Å². The summed E-state index contributed by atoms with van der Waals surface area (Å²) in [6.45, 7) is 16.2. The minimum Gasteiger partial charge on any atom is -0.478 e. The fourth-order valence-electron chi connectivity index (χ4n) is 9.32. The van der Waals surface area contributed by atoms with Gasteiger partial charge in [-0.15, -0.1) is 0 Å². The maximum atomic E-state index is 12.8. The van der Waals surface area contributed by atoms with Gasteiger partial charge >= 0.3 is 5.97 Å². The van der Waals surface area contributed by atoms with E-state index in [-0.39, 0.29) is 16.2 Å². The first kappa shape index (κ1) is 24.7. The summed E-state index contributed by atoms with van der Waals surface area (Å²) in [5.74, 6) is 2.05. The van der Waals surface area contributed by atoms with Crippen LogP contribution >= 0.6 is 0 Å². The molecule has 4 rings (SSSR count). The average molecular weight is 455 g/mol. The van der Waals surface area contributed by atoms with Crippen molar-refractivity contribution in [2.75, 3.05) is 0 Å². The Morgan fingerprint density at radius 1 is 1.15 bits per heavy atom. The van der Waals surface area contributed by atoms with Crippen molar-refractivity contribution in [1.29, 1.82) is 0 Å². The summed E-state index contributed by atoms with van der Waals surface area (Å²) in [6.07, 6.45) is 14.4. The van der Waals surface area contributed by atoms with Crippen molar-refractivity contribution in [3.05, 3.63) is 23.3 Å². The minimum absolute atomic E-state index is 0.203. The summed E-state index contributed by atoms with van der Waals surface area (Å²) in [5, 5.41) is 9.16. The van der Waals surface area contributed by atoms with Crippen molar-refractivity contribution in [3.8, 4) is 0 Å². The molecule has 0 spiro atoms. The van der Waals surface area contributed by atoms with Gasteiger partial charge in [-0.3, -0.25) is 4.79 Å². The van der Waals surface area contributed by atoms with Gasteiger partial charge in [0, 0.05) is 17.4 Å². The Labute approximate surface area is 201 Å². The normalized spacial score (nSPS) is 43.2. The molecular formula is C30H46O3. The SMILES string of the molecule is C/C(=C/CC[C@@H](C)[C@@H]1CC[C@]2(C)C3=CC[C@H]4C(C)(C)C(=O)CC[C@]4(C)[C@@H]3CC[C@@]12C)C(=O)O. The molecule has 0 aromatic heterocycles. The molecule has 184 valence electrons. The maximum absolute atomic E-state index is 12.8. The fraction of sp³-hybridized carbons (Fsp3) is 0.800. The Kier molecular flexibility index (Phi) is 6.07. The molecule has 0 aromatic rings. The van der Waals surface area contributed by atoms with Gasteiger partial charge in [-0.2, -0.15) is 0 Å². The van der Waals surface area contributed by atoms with Crippen LogP contribution in [0.4, 0.5) is 0 Å². The van der Waals surface area contributed by atoms with Crippen molar-refractivity contribution >= 4 is 11.8 Å². The average Bonchev–Trinajstić information content (AvgIpc) is 3.02. The smallest absolute Gasteiger partial charge is 0.330 e. The largest absolute Gasteiger partial charge is 0.478 e. The highest BCUT2D eigenvalue weighted by Crippen LogP contribution is 2.73. The summed E-state index contributed by atoms with van der Waals surface area (Å²) >= 11 is 0. The Morgan fingerprint density at radius 3 is 2.52 bits per heavy atom. The summed E-state index contributed by atoms with van der Waals surface area (Å²) < 4.78 is 0. The Morgan fingerprint density at radius 2 is 1.85 bits per heavy atom. The van der Waals surface area contributed by atoms with E-state index in [0.29, 0.717) is 40.4 Å². The molecule has 1 N–H and O–H groups in total. The molecule has 0 unspecified atom stereocenters. The van der Waals surface area contributed by atoms with E-state index in [2.05, 4.69) is 47.6 Å². The van der Waals surface area contributed by atoms with Gasteiger partial charge in [-0.05, 0) is 98.2 Å². The lowest BCUT2D eigenvalue weighted by Gasteiger charge is -2.63. The number of fused-ring (bicyclic) bond motifs is 5. The predicted octanol–water partition coefficient (Wildman–Crippen LogP) is 7.61. The molecule has 0 radical (unpaired) electrons. The molecule has 0 aliphatic heterocycles. The molecule has 0 heterocycles. The van der Waals surface area contributed by atoms with Crippen LogP contribution in [0.5, 0.6) is 0 Å². The van der Waals surface area contributed by atoms with E-state index in [1.807, 2.05) is 6.08 Å². The standard InChI is InChI=1S/C30H46O3/c1-19(9-8-10-20(2)26(32)33)21-13-17-30(7)23-11-12-24-27(3,4)25(31)15-16-28(24,5)22(23)14-18-29(21,30)6/h10-11,19,21-22,24H,8-9,12-18H2,1-7H3,(H,32,33)/b20-10-/t19-,21+,22-,24+,28-,29+,30-/m1/s1. The van der Waals surface area contributed by atoms with Gasteiger partial charge in [-0.1, -0.05) is 59.3 Å². The number of aliphatic carboxylic acids is 1. The number of ketones is 1. The molecule has 4 aliphatic rings. The van der Waals surface area contributed by atoms with E-state index in [1.54, 1.807) is 12.5 Å².